The number of carbonyl (C=O) groups is 1. The van der Waals surface area contributed by atoms with Gasteiger partial charge < -0.3 is 4.74 Å². The van der Waals surface area contributed by atoms with Crippen molar-refractivity contribution in [2.75, 3.05) is 11.3 Å². The number of halogens is 1. The molecule has 1 N–H and O–H groups in total. The van der Waals surface area contributed by atoms with E-state index in [1.165, 1.54) is 24.3 Å². The normalized spacial score (nSPS) is 11.1. The van der Waals surface area contributed by atoms with E-state index in [9.17, 15) is 13.2 Å². The fourth-order valence-corrected chi connectivity index (χ4v) is 3.20. The number of pyridine rings is 1. The van der Waals surface area contributed by atoms with Crippen LogP contribution in [0.3, 0.4) is 0 Å². The van der Waals surface area contributed by atoms with E-state index in [1.807, 2.05) is 6.92 Å². The molecular weight excluding hydrogens is 384 g/mol. The van der Waals surface area contributed by atoms with Crippen molar-refractivity contribution >= 4 is 37.7 Å². The zero-order valence-electron chi connectivity index (χ0n) is 12.5. The van der Waals surface area contributed by atoms with Crippen LogP contribution in [-0.4, -0.2) is 26.0 Å². The van der Waals surface area contributed by atoms with Crippen molar-refractivity contribution in [2.24, 2.45) is 0 Å². The first-order valence-electron chi connectivity index (χ1n) is 6.76. The van der Waals surface area contributed by atoms with Gasteiger partial charge in [-0.2, -0.15) is 0 Å². The first-order chi connectivity index (χ1) is 10.8. The Morgan fingerprint density at radius 2 is 1.91 bits per heavy atom. The van der Waals surface area contributed by atoms with Gasteiger partial charge in [-0.25, -0.2) is 18.2 Å². The van der Waals surface area contributed by atoms with Gasteiger partial charge in [-0.05, 0) is 38.1 Å². The molecule has 23 heavy (non-hydrogen) atoms. The Balaban J connectivity index is 2.32. The van der Waals surface area contributed by atoms with Crippen LogP contribution in [0.1, 0.15) is 23.0 Å². The summed E-state index contributed by atoms with van der Waals surface area (Å²) in [6.45, 7) is 3.75. The average Bonchev–Trinajstić information content (AvgIpc) is 2.46. The van der Waals surface area contributed by atoms with Crippen molar-refractivity contribution in [1.29, 1.82) is 0 Å². The SMILES string of the molecule is CCOC(=O)c1cc(Br)cc(NS(=O)(=O)c2ccc(C)cc2)n1. The summed E-state index contributed by atoms with van der Waals surface area (Å²) in [6, 6.07) is 9.33. The number of nitrogens with zero attached hydrogens (tertiary/aromatic N) is 1. The molecule has 0 bridgehead atoms. The number of hydrogen-bond acceptors (Lipinski definition) is 5. The Morgan fingerprint density at radius 1 is 1.26 bits per heavy atom. The molecule has 0 saturated heterocycles. The molecule has 8 heteroatoms. The summed E-state index contributed by atoms with van der Waals surface area (Å²) in [5.41, 5.74) is 0.969. The first kappa shape index (κ1) is 17.4. The third-order valence-corrected chi connectivity index (χ3v) is 4.67. The van der Waals surface area contributed by atoms with Gasteiger partial charge in [0.15, 0.2) is 5.69 Å². The minimum atomic E-state index is -3.79. The van der Waals surface area contributed by atoms with Gasteiger partial charge >= 0.3 is 5.97 Å². The van der Waals surface area contributed by atoms with Crippen LogP contribution in [0.15, 0.2) is 45.8 Å². The Labute approximate surface area is 143 Å². The third-order valence-electron chi connectivity index (χ3n) is 2.84. The average molecular weight is 399 g/mol. The number of aromatic nitrogens is 1. The molecule has 0 aliphatic carbocycles. The van der Waals surface area contributed by atoms with Crippen molar-refractivity contribution in [3.63, 3.8) is 0 Å². The second kappa shape index (κ2) is 7.10. The summed E-state index contributed by atoms with van der Waals surface area (Å²) in [7, 11) is -3.79. The smallest absolute Gasteiger partial charge is 0.357 e. The molecule has 0 amide bonds. The molecule has 0 radical (unpaired) electrons. The Bertz CT molecular complexity index is 820. The van der Waals surface area contributed by atoms with E-state index in [-0.39, 0.29) is 23.0 Å². The van der Waals surface area contributed by atoms with Crippen molar-refractivity contribution in [3.05, 3.63) is 52.1 Å². The van der Waals surface area contributed by atoms with Crippen molar-refractivity contribution in [1.82, 2.24) is 4.98 Å². The Morgan fingerprint density at radius 3 is 2.52 bits per heavy atom. The molecule has 6 nitrogen and oxygen atoms in total. The fraction of sp³-hybridized carbons (Fsp3) is 0.200. The van der Waals surface area contributed by atoms with Gasteiger partial charge in [-0.1, -0.05) is 33.6 Å². The minimum absolute atomic E-state index is 0.0165. The molecule has 0 fully saturated rings. The van der Waals surface area contributed by atoms with Crippen LogP contribution < -0.4 is 4.72 Å². The van der Waals surface area contributed by atoms with Gasteiger partial charge in [0.25, 0.3) is 10.0 Å². The van der Waals surface area contributed by atoms with Gasteiger partial charge in [0.1, 0.15) is 5.82 Å². The maximum atomic E-state index is 12.3. The maximum Gasteiger partial charge on any atom is 0.357 e. The lowest BCUT2D eigenvalue weighted by Crippen LogP contribution is -2.15. The van der Waals surface area contributed by atoms with Crippen LogP contribution in [0.25, 0.3) is 0 Å². The summed E-state index contributed by atoms with van der Waals surface area (Å²) >= 11 is 3.22. The number of rotatable bonds is 5. The van der Waals surface area contributed by atoms with Crippen LogP contribution >= 0.6 is 15.9 Å². The molecule has 1 aromatic carbocycles. The number of benzene rings is 1. The largest absolute Gasteiger partial charge is 0.461 e. The molecular formula is C15H15BrN2O4S. The summed E-state index contributed by atoms with van der Waals surface area (Å²) in [6.07, 6.45) is 0. The van der Waals surface area contributed by atoms with Crippen LogP contribution in [-0.2, 0) is 14.8 Å². The van der Waals surface area contributed by atoms with E-state index < -0.39 is 16.0 Å². The highest BCUT2D eigenvalue weighted by atomic mass is 79.9. The van der Waals surface area contributed by atoms with Crippen LogP contribution in [0.4, 0.5) is 5.82 Å². The first-order valence-corrected chi connectivity index (χ1v) is 9.03. The number of esters is 1. The highest BCUT2D eigenvalue weighted by Gasteiger charge is 2.17. The highest BCUT2D eigenvalue weighted by molar-refractivity contribution is 9.10. The van der Waals surface area contributed by atoms with E-state index in [2.05, 4.69) is 25.6 Å². The molecule has 0 unspecified atom stereocenters. The van der Waals surface area contributed by atoms with Gasteiger partial charge in [-0.15, -0.1) is 0 Å². The minimum Gasteiger partial charge on any atom is -0.461 e. The van der Waals surface area contributed by atoms with Gasteiger partial charge in [0.2, 0.25) is 0 Å². The monoisotopic (exact) mass is 398 g/mol. The number of carbonyl (C=O) groups excluding carboxylic acids is 1. The lowest BCUT2D eigenvalue weighted by atomic mass is 10.2. The quantitative estimate of drug-likeness (QED) is 0.781. The number of nitrogens with one attached hydrogen (secondary N) is 1. The molecule has 2 aromatic rings. The second-order valence-electron chi connectivity index (χ2n) is 4.69. The van der Waals surface area contributed by atoms with E-state index in [0.717, 1.165) is 5.56 Å². The maximum absolute atomic E-state index is 12.3. The highest BCUT2D eigenvalue weighted by Crippen LogP contribution is 2.20. The molecule has 0 aliphatic heterocycles. The number of sulfonamides is 1. The molecule has 122 valence electrons. The van der Waals surface area contributed by atoms with Crippen LogP contribution in [0.5, 0.6) is 0 Å². The predicted octanol–water partition coefficient (Wildman–Crippen LogP) is 3.13. The topological polar surface area (TPSA) is 85.4 Å². The van der Waals surface area contributed by atoms with Crippen LogP contribution in [0.2, 0.25) is 0 Å². The van der Waals surface area contributed by atoms with Crippen LogP contribution in [0, 0.1) is 6.92 Å². The summed E-state index contributed by atoms with van der Waals surface area (Å²) in [5, 5.41) is 0. The number of aryl methyl sites for hydroxylation is 1. The summed E-state index contributed by atoms with van der Waals surface area (Å²) < 4.78 is 32.4. The fourth-order valence-electron chi connectivity index (χ4n) is 1.77. The van der Waals surface area contributed by atoms with Crippen molar-refractivity contribution in [3.8, 4) is 0 Å². The molecule has 1 aromatic heterocycles. The Kier molecular flexibility index (Phi) is 5.38. The van der Waals surface area contributed by atoms with E-state index in [0.29, 0.717) is 4.47 Å². The zero-order valence-corrected chi connectivity index (χ0v) is 14.9. The molecule has 0 aliphatic rings. The zero-order chi connectivity index (χ0) is 17.0. The summed E-state index contributed by atoms with van der Waals surface area (Å²) in [4.78, 5) is 15.8. The lowest BCUT2D eigenvalue weighted by molar-refractivity contribution is 0.0519. The number of ether oxygens (including phenoxy) is 1. The molecule has 1 heterocycles. The standard InChI is InChI=1S/C15H15BrN2O4S/c1-3-22-15(19)13-8-11(16)9-14(17-13)18-23(20,21)12-6-4-10(2)5-7-12/h4-9H,3H2,1-2H3,(H,17,18). The number of anilines is 1. The third kappa shape index (κ3) is 4.52. The van der Waals surface area contributed by atoms with Crippen molar-refractivity contribution < 1.29 is 17.9 Å². The van der Waals surface area contributed by atoms with Gasteiger partial charge in [-0.3, -0.25) is 4.72 Å². The molecule has 0 saturated carbocycles. The Hall–Kier alpha value is -1.93. The number of hydrogen-bond donors (Lipinski definition) is 1. The molecule has 2 rings (SSSR count). The van der Waals surface area contributed by atoms with E-state index in [1.54, 1.807) is 19.1 Å². The van der Waals surface area contributed by atoms with Gasteiger partial charge in [0, 0.05) is 4.47 Å². The van der Waals surface area contributed by atoms with E-state index >= 15 is 0 Å². The van der Waals surface area contributed by atoms with Gasteiger partial charge in [0.05, 0.1) is 11.5 Å². The second-order valence-corrected chi connectivity index (χ2v) is 7.29. The predicted molar refractivity (Wildman–Crippen MR) is 89.9 cm³/mol. The lowest BCUT2D eigenvalue weighted by Gasteiger charge is -2.09. The summed E-state index contributed by atoms with van der Waals surface area (Å²) in [5.74, 6) is -0.590. The molecule has 0 spiro atoms. The van der Waals surface area contributed by atoms with Crippen molar-refractivity contribution in [2.45, 2.75) is 18.7 Å². The van der Waals surface area contributed by atoms with E-state index in [4.69, 9.17) is 4.74 Å². The molecule has 0 atom stereocenters.